The summed E-state index contributed by atoms with van der Waals surface area (Å²) in [5.41, 5.74) is -0.0244. The fraction of sp³-hybridized carbons (Fsp3) is 0.583. The molecule has 106 valence electrons. The molecule has 1 aromatic heterocycles. The van der Waals surface area contributed by atoms with Crippen LogP contribution in [-0.2, 0) is 17.1 Å². The third kappa shape index (κ3) is 2.66. The minimum atomic E-state index is -3.58. The van der Waals surface area contributed by atoms with Gasteiger partial charge in [0.05, 0.1) is 0 Å². The monoisotopic (exact) mass is 286 g/mol. The van der Waals surface area contributed by atoms with E-state index >= 15 is 0 Å². The Balaban J connectivity index is 2.34. The standard InChI is InChI=1S/C12H18N2O4S/c1-9-4-3-5-14(7-9)19(17,18)10-6-11(12(15)16)13(2)8-10/h6,8-9H,3-5,7H2,1-2H3,(H,15,16)/t9-/m1/s1. The first-order chi connectivity index (χ1) is 8.82. The number of piperidine rings is 1. The Morgan fingerprint density at radius 1 is 1.47 bits per heavy atom. The van der Waals surface area contributed by atoms with Gasteiger partial charge in [0.25, 0.3) is 0 Å². The molecule has 0 bridgehead atoms. The van der Waals surface area contributed by atoms with Crippen molar-refractivity contribution >= 4 is 16.0 Å². The van der Waals surface area contributed by atoms with Crippen molar-refractivity contribution in [3.63, 3.8) is 0 Å². The molecular formula is C12H18N2O4S. The summed E-state index contributed by atoms with van der Waals surface area (Å²) in [5, 5.41) is 8.97. The molecule has 19 heavy (non-hydrogen) atoms. The minimum absolute atomic E-state index is 0.0244. The second-order valence-electron chi connectivity index (χ2n) is 5.09. The van der Waals surface area contributed by atoms with Gasteiger partial charge in [0.15, 0.2) is 0 Å². The van der Waals surface area contributed by atoms with E-state index in [0.717, 1.165) is 12.8 Å². The van der Waals surface area contributed by atoms with Gasteiger partial charge in [-0.3, -0.25) is 0 Å². The van der Waals surface area contributed by atoms with Crippen LogP contribution in [-0.4, -0.2) is 41.5 Å². The Morgan fingerprint density at radius 2 is 2.16 bits per heavy atom. The van der Waals surface area contributed by atoms with Gasteiger partial charge in [0.1, 0.15) is 10.6 Å². The van der Waals surface area contributed by atoms with Crippen molar-refractivity contribution in [3.8, 4) is 0 Å². The highest BCUT2D eigenvalue weighted by Crippen LogP contribution is 2.24. The molecular weight excluding hydrogens is 268 g/mol. The third-order valence-corrected chi connectivity index (χ3v) is 5.29. The molecule has 0 spiro atoms. The maximum atomic E-state index is 12.4. The fourth-order valence-corrected chi connectivity index (χ4v) is 4.07. The summed E-state index contributed by atoms with van der Waals surface area (Å²) in [4.78, 5) is 11.0. The van der Waals surface area contributed by atoms with Crippen LogP contribution in [0, 0.1) is 5.92 Å². The fourth-order valence-electron chi connectivity index (χ4n) is 2.40. The highest BCUT2D eigenvalue weighted by molar-refractivity contribution is 7.89. The van der Waals surface area contributed by atoms with Crippen molar-refractivity contribution in [1.82, 2.24) is 8.87 Å². The largest absolute Gasteiger partial charge is 0.477 e. The smallest absolute Gasteiger partial charge is 0.352 e. The molecule has 1 aromatic rings. The van der Waals surface area contributed by atoms with Crippen LogP contribution in [0.25, 0.3) is 0 Å². The molecule has 0 aromatic carbocycles. The summed E-state index contributed by atoms with van der Waals surface area (Å²) in [6.45, 7) is 3.03. The van der Waals surface area contributed by atoms with E-state index in [1.165, 1.54) is 28.2 Å². The predicted octanol–water partition coefficient (Wildman–Crippen LogP) is 1.14. The van der Waals surface area contributed by atoms with Gasteiger partial charge >= 0.3 is 5.97 Å². The lowest BCUT2D eigenvalue weighted by molar-refractivity contribution is 0.0686. The number of aromatic nitrogens is 1. The first kappa shape index (κ1) is 14.1. The van der Waals surface area contributed by atoms with Crippen molar-refractivity contribution in [3.05, 3.63) is 18.0 Å². The Bertz CT molecular complexity index is 591. The summed E-state index contributed by atoms with van der Waals surface area (Å²) in [6, 6.07) is 1.22. The summed E-state index contributed by atoms with van der Waals surface area (Å²) < 4.78 is 27.6. The zero-order valence-corrected chi connectivity index (χ0v) is 11.9. The molecule has 1 N–H and O–H groups in total. The average molecular weight is 286 g/mol. The van der Waals surface area contributed by atoms with E-state index < -0.39 is 16.0 Å². The van der Waals surface area contributed by atoms with Gasteiger partial charge in [-0.25, -0.2) is 13.2 Å². The minimum Gasteiger partial charge on any atom is -0.477 e. The van der Waals surface area contributed by atoms with Gasteiger partial charge in [-0.2, -0.15) is 4.31 Å². The van der Waals surface area contributed by atoms with Crippen LogP contribution < -0.4 is 0 Å². The molecule has 1 aliphatic heterocycles. The van der Waals surface area contributed by atoms with E-state index in [4.69, 9.17) is 5.11 Å². The number of nitrogens with zero attached hydrogens (tertiary/aromatic N) is 2. The number of hydrogen-bond acceptors (Lipinski definition) is 3. The molecule has 1 fully saturated rings. The predicted molar refractivity (Wildman–Crippen MR) is 69.5 cm³/mol. The van der Waals surface area contributed by atoms with E-state index in [-0.39, 0.29) is 10.6 Å². The molecule has 0 unspecified atom stereocenters. The molecule has 0 aliphatic carbocycles. The van der Waals surface area contributed by atoms with Gasteiger partial charge in [-0.1, -0.05) is 6.92 Å². The van der Waals surface area contributed by atoms with Gasteiger partial charge < -0.3 is 9.67 Å². The zero-order valence-electron chi connectivity index (χ0n) is 11.0. The normalized spacial score (nSPS) is 21.5. The number of carbonyl (C=O) groups is 1. The van der Waals surface area contributed by atoms with Crippen LogP contribution in [0.15, 0.2) is 17.2 Å². The number of aromatic carboxylic acids is 1. The van der Waals surface area contributed by atoms with Gasteiger partial charge in [0.2, 0.25) is 10.0 Å². The average Bonchev–Trinajstić information content (AvgIpc) is 2.72. The summed E-state index contributed by atoms with van der Waals surface area (Å²) in [6.07, 6.45) is 3.23. The first-order valence-corrected chi connectivity index (χ1v) is 7.66. The zero-order chi connectivity index (χ0) is 14.2. The van der Waals surface area contributed by atoms with Crippen molar-refractivity contribution in [2.24, 2.45) is 13.0 Å². The van der Waals surface area contributed by atoms with E-state index in [1.807, 2.05) is 6.92 Å². The summed E-state index contributed by atoms with van der Waals surface area (Å²) in [5.74, 6) is -0.790. The SMILES string of the molecule is C[C@@H]1CCCN(S(=O)(=O)c2cc(C(=O)O)n(C)c2)C1. The van der Waals surface area contributed by atoms with Crippen LogP contribution in [0.4, 0.5) is 0 Å². The van der Waals surface area contributed by atoms with Crippen molar-refractivity contribution in [2.45, 2.75) is 24.7 Å². The molecule has 7 heteroatoms. The number of carboxylic acids is 1. The molecule has 2 heterocycles. The number of aryl methyl sites for hydroxylation is 1. The van der Waals surface area contributed by atoms with E-state index in [2.05, 4.69) is 0 Å². The van der Waals surface area contributed by atoms with Crippen LogP contribution >= 0.6 is 0 Å². The van der Waals surface area contributed by atoms with Crippen molar-refractivity contribution < 1.29 is 18.3 Å². The third-order valence-electron chi connectivity index (χ3n) is 3.46. The van der Waals surface area contributed by atoms with Gasteiger partial charge in [0, 0.05) is 26.3 Å². The quantitative estimate of drug-likeness (QED) is 0.903. The highest BCUT2D eigenvalue weighted by Gasteiger charge is 2.30. The first-order valence-electron chi connectivity index (χ1n) is 6.22. The van der Waals surface area contributed by atoms with Crippen molar-refractivity contribution in [1.29, 1.82) is 0 Å². The summed E-state index contributed by atoms with van der Waals surface area (Å²) >= 11 is 0. The molecule has 0 amide bonds. The Hall–Kier alpha value is -1.34. The molecule has 0 radical (unpaired) electrons. The van der Waals surface area contributed by atoms with Gasteiger partial charge in [-0.15, -0.1) is 0 Å². The Labute approximate surface area is 112 Å². The molecule has 6 nitrogen and oxygen atoms in total. The lowest BCUT2D eigenvalue weighted by Gasteiger charge is -2.29. The van der Waals surface area contributed by atoms with Gasteiger partial charge in [-0.05, 0) is 24.8 Å². The van der Waals surface area contributed by atoms with E-state index in [0.29, 0.717) is 19.0 Å². The topological polar surface area (TPSA) is 79.6 Å². The Kier molecular flexibility index (Phi) is 3.69. The Morgan fingerprint density at radius 3 is 2.68 bits per heavy atom. The van der Waals surface area contributed by atoms with Crippen molar-refractivity contribution in [2.75, 3.05) is 13.1 Å². The highest BCUT2D eigenvalue weighted by atomic mass is 32.2. The number of rotatable bonds is 3. The van der Waals surface area contributed by atoms with Crippen LogP contribution in [0.2, 0.25) is 0 Å². The maximum Gasteiger partial charge on any atom is 0.352 e. The number of carboxylic acid groups (broad SMARTS) is 1. The van der Waals surface area contributed by atoms with Crippen LogP contribution in [0.1, 0.15) is 30.3 Å². The second-order valence-corrected chi connectivity index (χ2v) is 7.03. The maximum absolute atomic E-state index is 12.4. The molecule has 0 saturated carbocycles. The number of hydrogen-bond donors (Lipinski definition) is 1. The van der Waals surface area contributed by atoms with E-state index in [9.17, 15) is 13.2 Å². The lowest BCUT2D eigenvalue weighted by atomic mass is 10.0. The lowest BCUT2D eigenvalue weighted by Crippen LogP contribution is -2.38. The van der Waals surface area contributed by atoms with Crippen LogP contribution in [0.5, 0.6) is 0 Å². The van der Waals surface area contributed by atoms with Crippen LogP contribution in [0.3, 0.4) is 0 Å². The molecule has 2 rings (SSSR count). The van der Waals surface area contributed by atoms with E-state index in [1.54, 1.807) is 0 Å². The molecule has 1 atom stereocenters. The summed E-state index contributed by atoms with van der Waals surface area (Å²) in [7, 11) is -2.05. The second kappa shape index (κ2) is 4.97. The molecule has 1 saturated heterocycles. The molecule has 1 aliphatic rings. The number of sulfonamides is 1.